The molecule has 1 N–H and O–H groups in total. The van der Waals surface area contributed by atoms with Crippen LogP contribution < -0.4 is 4.74 Å². The average Bonchev–Trinajstić information content (AvgIpc) is 3.11. The van der Waals surface area contributed by atoms with Crippen LogP contribution in [0.2, 0.25) is 0 Å². The molecule has 0 aromatic carbocycles. The summed E-state index contributed by atoms with van der Waals surface area (Å²) < 4.78 is 5.29. The van der Waals surface area contributed by atoms with Crippen LogP contribution in [0.4, 0.5) is 0 Å². The van der Waals surface area contributed by atoms with E-state index in [1.54, 1.807) is 19.5 Å². The first-order chi connectivity index (χ1) is 12.8. The van der Waals surface area contributed by atoms with Gasteiger partial charge in [-0.2, -0.15) is 0 Å². The fraction of sp³-hybridized carbons (Fsp3) is 0.200. The Morgan fingerprint density at radius 3 is 2.58 bits per heavy atom. The van der Waals surface area contributed by atoms with Crippen LogP contribution in [0.1, 0.15) is 22.5 Å². The summed E-state index contributed by atoms with van der Waals surface area (Å²) in [7, 11) is 1.64. The quantitative estimate of drug-likeness (QED) is 0.581. The monoisotopic (exact) mass is 345 g/mol. The molecule has 0 saturated carbocycles. The number of methoxy groups -OCH3 is 1. The Kier molecular flexibility index (Phi) is 4.55. The lowest BCUT2D eigenvalue weighted by atomic mass is 10.1. The molecule has 0 aliphatic rings. The number of nitrogens with zero attached hydrogens (tertiary/aromatic N) is 4. The Balaban J connectivity index is 1.43. The molecule has 26 heavy (non-hydrogen) atoms. The maximum absolute atomic E-state index is 5.29. The van der Waals surface area contributed by atoms with Crippen molar-refractivity contribution in [2.75, 3.05) is 7.11 Å². The fourth-order valence-electron chi connectivity index (χ4n) is 3.03. The van der Waals surface area contributed by atoms with Gasteiger partial charge in [0.1, 0.15) is 11.5 Å². The first-order valence-corrected chi connectivity index (χ1v) is 8.52. The summed E-state index contributed by atoms with van der Waals surface area (Å²) in [5.41, 5.74) is 4.25. The molecule has 4 aromatic rings. The molecule has 0 fully saturated rings. The molecule has 0 spiro atoms. The highest BCUT2D eigenvalue weighted by Gasteiger charge is 2.07. The first kappa shape index (κ1) is 16.2. The van der Waals surface area contributed by atoms with Crippen molar-refractivity contribution in [2.24, 2.45) is 0 Å². The second kappa shape index (κ2) is 7.31. The van der Waals surface area contributed by atoms with Crippen LogP contribution in [0.25, 0.3) is 11.0 Å². The summed E-state index contributed by atoms with van der Waals surface area (Å²) >= 11 is 0. The molecule has 0 amide bonds. The van der Waals surface area contributed by atoms with E-state index in [-0.39, 0.29) is 0 Å². The van der Waals surface area contributed by atoms with Crippen molar-refractivity contribution >= 4 is 11.0 Å². The lowest BCUT2D eigenvalue weighted by Gasteiger charge is -2.06. The smallest absolute Gasteiger partial charge is 0.216 e. The summed E-state index contributed by atoms with van der Waals surface area (Å²) in [6.07, 6.45) is 11.6. The number of aryl methyl sites for hydroxylation is 2. The van der Waals surface area contributed by atoms with Crippen molar-refractivity contribution in [3.05, 3.63) is 77.8 Å². The highest BCUT2D eigenvalue weighted by molar-refractivity contribution is 5.79. The molecule has 6 nitrogen and oxygen atoms in total. The number of aromatic amines is 1. The van der Waals surface area contributed by atoms with E-state index < -0.39 is 0 Å². The van der Waals surface area contributed by atoms with Gasteiger partial charge >= 0.3 is 0 Å². The van der Waals surface area contributed by atoms with Crippen LogP contribution in [-0.4, -0.2) is 32.0 Å². The maximum Gasteiger partial charge on any atom is 0.216 e. The lowest BCUT2D eigenvalue weighted by molar-refractivity contribution is 0.392. The van der Waals surface area contributed by atoms with Gasteiger partial charge in [0.25, 0.3) is 0 Å². The second-order valence-electron chi connectivity index (χ2n) is 6.07. The minimum absolute atomic E-state index is 0.664. The number of ether oxygens (including phenoxy) is 1. The van der Waals surface area contributed by atoms with Crippen LogP contribution in [-0.2, 0) is 19.3 Å². The summed E-state index contributed by atoms with van der Waals surface area (Å²) in [4.78, 5) is 20.8. The standard InChI is InChI=1S/C20H19N5O/c1-26-20-15(4-2-9-22-20)6-7-18-23-11-14(12-24-18)10-16-13-25-19-17(16)5-3-8-21-19/h2-5,8-9,11-13H,6-7,10H2,1H3,(H,21,25). The summed E-state index contributed by atoms with van der Waals surface area (Å²) in [5.74, 6) is 1.48. The Bertz CT molecular complexity index is 1010. The van der Waals surface area contributed by atoms with E-state index in [4.69, 9.17) is 4.74 Å². The van der Waals surface area contributed by atoms with Gasteiger partial charge in [-0.05, 0) is 35.7 Å². The predicted molar refractivity (Wildman–Crippen MR) is 99.1 cm³/mol. The summed E-state index contributed by atoms with van der Waals surface area (Å²) in [5, 5.41) is 1.14. The van der Waals surface area contributed by atoms with Crippen molar-refractivity contribution in [2.45, 2.75) is 19.3 Å². The maximum atomic E-state index is 5.29. The van der Waals surface area contributed by atoms with Crippen molar-refractivity contribution < 1.29 is 4.74 Å². The molecule has 0 aliphatic carbocycles. The van der Waals surface area contributed by atoms with E-state index in [9.17, 15) is 0 Å². The van der Waals surface area contributed by atoms with Gasteiger partial charge in [-0.25, -0.2) is 19.9 Å². The van der Waals surface area contributed by atoms with E-state index in [1.165, 1.54) is 5.56 Å². The van der Waals surface area contributed by atoms with Crippen molar-refractivity contribution in [1.82, 2.24) is 24.9 Å². The number of H-pyrrole nitrogens is 1. The Labute approximate surface area is 151 Å². The van der Waals surface area contributed by atoms with Gasteiger partial charge in [-0.3, -0.25) is 0 Å². The zero-order chi connectivity index (χ0) is 17.8. The number of hydrogen-bond acceptors (Lipinski definition) is 5. The van der Waals surface area contributed by atoms with Gasteiger partial charge in [0.2, 0.25) is 5.88 Å². The zero-order valence-electron chi connectivity index (χ0n) is 14.5. The van der Waals surface area contributed by atoms with Crippen LogP contribution >= 0.6 is 0 Å². The second-order valence-corrected chi connectivity index (χ2v) is 6.07. The molecule has 0 atom stereocenters. The Morgan fingerprint density at radius 1 is 0.923 bits per heavy atom. The van der Waals surface area contributed by atoms with Gasteiger partial charge < -0.3 is 9.72 Å². The van der Waals surface area contributed by atoms with Gasteiger partial charge in [0.05, 0.1) is 7.11 Å². The van der Waals surface area contributed by atoms with Crippen LogP contribution in [0.5, 0.6) is 5.88 Å². The third kappa shape index (κ3) is 3.39. The molecule has 0 aliphatic heterocycles. The van der Waals surface area contributed by atoms with Gasteiger partial charge in [-0.1, -0.05) is 6.07 Å². The third-order valence-electron chi connectivity index (χ3n) is 4.35. The Morgan fingerprint density at radius 2 is 1.73 bits per heavy atom. The molecule has 0 bridgehead atoms. The predicted octanol–water partition coefficient (Wildman–Crippen LogP) is 3.13. The molecule has 0 unspecified atom stereocenters. The summed E-state index contributed by atoms with van der Waals surface area (Å²) in [6, 6.07) is 7.96. The molecular formula is C20H19N5O. The highest BCUT2D eigenvalue weighted by Crippen LogP contribution is 2.19. The van der Waals surface area contributed by atoms with E-state index in [2.05, 4.69) is 31.0 Å². The fourth-order valence-corrected chi connectivity index (χ4v) is 3.03. The number of pyridine rings is 2. The number of fused-ring (bicyclic) bond motifs is 1. The highest BCUT2D eigenvalue weighted by atomic mass is 16.5. The molecule has 4 heterocycles. The molecule has 4 aromatic heterocycles. The van der Waals surface area contributed by atoms with E-state index >= 15 is 0 Å². The number of rotatable bonds is 6. The van der Waals surface area contributed by atoms with Crippen LogP contribution in [0.15, 0.2) is 55.2 Å². The SMILES string of the molecule is COc1ncccc1CCc1ncc(Cc2c[nH]c3ncccc23)cn1. The molecular weight excluding hydrogens is 326 g/mol. The van der Waals surface area contributed by atoms with Gasteiger partial charge in [-0.15, -0.1) is 0 Å². The third-order valence-corrected chi connectivity index (χ3v) is 4.35. The van der Waals surface area contributed by atoms with E-state index in [0.29, 0.717) is 5.88 Å². The largest absolute Gasteiger partial charge is 0.481 e. The summed E-state index contributed by atoms with van der Waals surface area (Å²) in [6.45, 7) is 0. The normalized spacial score (nSPS) is 11.0. The molecule has 130 valence electrons. The van der Waals surface area contributed by atoms with E-state index in [1.807, 2.05) is 36.8 Å². The number of hydrogen-bond donors (Lipinski definition) is 1. The first-order valence-electron chi connectivity index (χ1n) is 8.52. The van der Waals surface area contributed by atoms with Crippen LogP contribution in [0.3, 0.4) is 0 Å². The zero-order valence-corrected chi connectivity index (χ0v) is 14.5. The lowest BCUT2D eigenvalue weighted by Crippen LogP contribution is -2.01. The van der Waals surface area contributed by atoms with Crippen molar-refractivity contribution in [3.63, 3.8) is 0 Å². The molecule has 4 rings (SSSR count). The van der Waals surface area contributed by atoms with E-state index in [0.717, 1.165) is 47.2 Å². The molecule has 6 heteroatoms. The minimum Gasteiger partial charge on any atom is -0.481 e. The van der Waals surface area contributed by atoms with Crippen molar-refractivity contribution in [3.8, 4) is 5.88 Å². The minimum atomic E-state index is 0.664. The van der Waals surface area contributed by atoms with Crippen molar-refractivity contribution in [1.29, 1.82) is 0 Å². The number of aromatic nitrogens is 5. The average molecular weight is 345 g/mol. The molecule has 0 radical (unpaired) electrons. The Hall–Kier alpha value is -3.28. The number of nitrogens with one attached hydrogen (secondary N) is 1. The van der Waals surface area contributed by atoms with Crippen LogP contribution in [0, 0.1) is 0 Å². The topological polar surface area (TPSA) is 76.6 Å². The molecule has 0 saturated heterocycles. The van der Waals surface area contributed by atoms with Gasteiger partial charge in [0, 0.05) is 54.8 Å². The van der Waals surface area contributed by atoms with Gasteiger partial charge in [0.15, 0.2) is 0 Å².